The van der Waals surface area contributed by atoms with E-state index in [4.69, 9.17) is 9.47 Å². The topological polar surface area (TPSA) is 30.5 Å². The lowest BCUT2D eigenvalue weighted by Crippen LogP contribution is -2.23. The molecule has 18 heavy (non-hydrogen) atoms. The maximum Gasteiger partial charge on any atom is 0.126 e. The molecule has 1 aromatic rings. The molecule has 0 aliphatic carbocycles. The van der Waals surface area contributed by atoms with E-state index in [0.29, 0.717) is 12.5 Å². The fourth-order valence-corrected chi connectivity index (χ4v) is 2.60. The van der Waals surface area contributed by atoms with E-state index < -0.39 is 0 Å². The summed E-state index contributed by atoms with van der Waals surface area (Å²) in [6.07, 6.45) is 1.98. The van der Waals surface area contributed by atoms with Crippen molar-refractivity contribution in [3.63, 3.8) is 0 Å². The minimum atomic E-state index is -0.198. The van der Waals surface area contributed by atoms with E-state index in [2.05, 4.69) is 5.32 Å². The molecule has 0 amide bonds. The molecule has 2 aliphatic rings. The number of benzene rings is 1. The smallest absolute Gasteiger partial charge is 0.126 e. The van der Waals surface area contributed by atoms with Crippen molar-refractivity contribution in [3.05, 3.63) is 29.6 Å². The molecule has 1 saturated heterocycles. The molecule has 98 valence electrons. The van der Waals surface area contributed by atoms with E-state index in [1.165, 1.54) is 12.5 Å². The number of rotatable bonds is 4. The average molecular weight is 251 g/mol. The predicted octanol–water partition coefficient (Wildman–Crippen LogP) is 1.76. The predicted molar refractivity (Wildman–Crippen MR) is 66.3 cm³/mol. The van der Waals surface area contributed by atoms with Crippen molar-refractivity contribution in [2.45, 2.75) is 18.9 Å². The lowest BCUT2D eigenvalue weighted by atomic mass is 10.1. The van der Waals surface area contributed by atoms with E-state index in [9.17, 15) is 4.39 Å². The standard InChI is InChI=1S/C14H18FNO2/c15-12-1-2-14-11(5-12)6-13(18-14)9-17-8-10-3-4-16-7-10/h1-2,5,10,13,16H,3-4,6-9H2. The molecular formula is C14H18FNO2. The van der Waals surface area contributed by atoms with Gasteiger partial charge in [-0.1, -0.05) is 0 Å². The van der Waals surface area contributed by atoms with Gasteiger partial charge in [-0.25, -0.2) is 4.39 Å². The van der Waals surface area contributed by atoms with Crippen LogP contribution in [0.2, 0.25) is 0 Å². The summed E-state index contributed by atoms with van der Waals surface area (Å²) < 4.78 is 24.5. The largest absolute Gasteiger partial charge is 0.487 e. The van der Waals surface area contributed by atoms with Gasteiger partial charge in [-0.05, 0) is 37.1 Å². The maximum absolute atomic E-state index is 13.1. The molecule has 3 nitrogen and oxygen atoms in total. The van der Waals surface area contributed by atoms with Crippen LogP contribution in [-0.4, -0.2) is 32.4 Å². The molecule has 0 aromatic heterocycles. The SMILES string of the molecule is Fc1ccc2c(c1)CC(COCC1CCNC1)O2. The third kappa shape index (κ3) is 2.65. The molecule has 0 saturated carbocycles. The molecule has 1 fully saturated rings. The number of fused-ring (bicyclic) bond motifs is 1. The Morgan fingerprint density at radius 2 is 2.33 bits per heavy atom. The molecular weight excluding hydrogens is 233 g/mol. The molecule has 4 heteroatoms. The zero-order valence-electron chi connectivity index (χ0n) is 10.3. The molecule has 2 atom stereocenters. The lowest BCUT2D eigenvalue weighted by molar-refractivity contribution is 0.0443. The Morgan fingerprint density at radius 1 is 1.39 bits per heavy atom. The van der Waals surface area contributed by atoms with E-state index in [0.717, 1.165) is 37.4 Å². The normalized spacial score (nSPS) is 26.1. The molecule has 1 aromatic carbocycles. The second-order valence-corrected chi connectivity index (χ2v) is 5.09. The van der Waals surface area contributed by atoms with Gasteiger partial charge in [-0.15, -0.1) is 0 Å². The Hall–Kier alpha value is -1.13. The third-order valence-corrected chi connectivity index (χ3v) is 3.58. The van der Waals surface area contributed by atoms with Gasteiger partial charge in [0, 0.05) is 18.5 Å². The van der Waals surface area contributed by atoms with Gasteiger partial charge in [0.05, 0.1) is 13.2 Å². The minimum Gasteiger partial charge on any atom is -0.487 e. The molecule has 2 heterocycles. The summed E-state index contributed by atoms with van der Waals surface area (Å²) >= 11 is 0. The first-order chi connectivity index (χ1) is 8.81. The second-order valence-electron chi connectivity index (χ2n) is 5.09. The van der Waals surface area contributed by atoms with Crippen LogP contribution < -0.4 is 10.1 Å². The van der Waals surface area contributed by atoms with Crippen LogP contribution in [0.5, 0.6) is 5.75 Å². The molecule has 0 spiro atoms. The van der Waals surface area contributed by atoms with Crippen molar-refractivity contribution in [2.75, 3.05) is 26.3 Å². The van der Waals surface area contributed by atoms with Gasteiger partial charge in [0.15, 0.2) is 0 Å². The summed E-state index contributed by atoms with van der Waals surface area (Å²) in [6, 6.07) is 4.69. The van der Waals surface area contributed by atoms with Gasteiger partial charge in [-0.2, -0.15) is 0 Å². The first kappa shape index (κ1) is 11.9. The number of ether oxygens (including phenoxy) is 2. The highest BCUT2D eigenvalue weighted by atomic mass is 19.1. The monoisotopic (exact) mass is 251 g/mol. The van der Waals surface area contributed by atoms with Crippen LogP contribution in [0, 0.1) is 11.7 Å². The third-order valence-electron chi connectivity index (χ3n) is 3.58. The van der Waals surface area contributed by atoms with Crippen LogP contribution in [0.4, 0.5) is 4.39 Å². The molecule has 0 bridgehead atoms. The van der Waals surface area contributed by atoms with Crippen molar-refractivity contribution >= 4 is 0 Å². The second kappa shape index (κ2) is 5.24. The molecule has 1 N–H and O–H groups in total. The summed E-state index contributed by atoms with van der Waals surface area (Å²) in [7, 11) is 0. The van der Waals surface area contributed by atoms with Gasteiger partial charge in [0.2, 0.25) is 0 Å². The number of halogens is 1. The highest BCUT2D eigenvalue weighted by Crippen LogP contribution is 2.29. The Morgan fingerprint density at radius 3 is 3.17 bits per heavy atom. The van der Waals surface area contributed by atoms with E-state index in [1.54, 1.807) is 12.1 Å². The highest BCUT2D eigenvalue weighted by Gasteiger charge is 2.24. The van der Waals surface area contributed by atoms with E-state index in [1.807, 2.05) is 0 Å². The minimum absolute atomic E-state index is 0.0381. The summed E-state index contributed by atoms with van der Waals surface area (Å²) in [5.41, 5.74) is 0.950. The van der Waals surface area contributed by atoms with Gasteiger partial charge in [0.1, 0.15) is 17.7 Å². The summed E-state index contributed by atoms with van der Waals surface area (Å²) in [5.74, 6) is 1.23. The van der Waals surface area contributed by atoms with Crippen molar-refractivity contribution in [2.24, 2.45) is 5.92 Å². The van der Waals surface area contributed by atoms with Gasteiger partial charge >= 0.3 is 0 Å². The van der Waals surface area contributed by atoms with Gasteiger partial charge < -0.3 is 14.8 Å². The van der Waals surface area contributed by atoms with Crippen LogP contribution in [0.3, 0.4) is 0 Å². The first-order valence-corrected chi connectivity index (χ1v) is 6.55. The maximum atomic E-state index is 13.1. The Bertz CT molecular complexity index is 418. The van der Waals surface area contributed by atoms with E-state index in [-0.39, 0.29) is 11.9 Å². The fraction of sp³-hybridized carbons (Fsp3) is 0.571. The lowest BCUT2D eigenvalue weighted by Gasteiger charge is -2.13. The summed E-state index contributed by atoms with van der Waals surface area (Å²) in [6.45, 7) is 3.53. The fourth-order valence-electron chi connectivity index (χ4n) is 2.60. The highest BCUT2D eigenvalue weighted by molar-refractivity contribution is 5.37. The number of hydrogen-bond acceptors (Lipinski definition) is 3. The Balaban J connectivity index is 1.46. The van der Waals surface area contributed by atoms with Crippen molar-refractivity contribution in [1.29, 1.82) is 0 Å². The summed E-state index contributed by atoms with van der Waals surface area (Å²) in [4.78, 5) is 0. The zero-order chi connectivity index (χ0) is 12.4. The van der Waals surface area contributed by atoms with Gasteiger partial charge in [0.25, 0.3) is 0 Å². The van der Waals surface area contributed by atoms with Crippen molar-refractivity contribution < 1.29 is 13.9 Å². The van der Waals surface area contributed by atoms with Crippen LogP contribution in [-0.2, 0) is 11.2 Å². The molecule has 2 aliphatic heterocycles. The van der Waals surface area contributed by atoms with Crippen LogP contribution >= 0.6 is 0 Å². The van der Waals surface area contributed by atoms with E-state index >= 15 is 0 Å². The first-order valence-electron chi connectivity index (χ1n) is 6.55. The number of nitrogens with one attached hydrogen (secondary N) is 1. The van der Waals surface area contributed by atoms with Crippen LogP contribution in [0.15, 0.2) is 18.2 Å². The molecule has 3 rings (SSSR count). The zero-order valence-corrected chi connectivity index (χ0v) is 10.3. The average Bonchev–Trinajstić information content (AvgIpc) is 2.97. The summed E-state index contributed by atoms with van der Waals surface area (Å²) in [5, 5.41) is 3.32. The Kier molecular flexibility index (Phi) is 3.48. The molecule has 0 radical (unpaired) electrons. The molecule has 2 unspecified atom stereocenters. The van der Waals surface area contributed by atoms with Crippen LogP contribution in [0.25, 0.3) is 0 Å². The van der Waals surface area contributed by atoms with Crippen LogP contribution in [0.1, 0.15) is 12.0 Å². The number of hydrogen-bond donors (Lipinski definition) is 1. The van der Waals surface area contributed by atoms with Crippen molar-refractivity contribution in [3.8, 4) is 5.75 Å². The van der Waals surface area contributed by atoms with Crippen molar-refractivity contribution in [1.82, 2.24) is 5.32 Å². The Labute approximate surface area is 106 Å². The quantitative estimate of drug-likeness (QED) is 0.884. The van der Waals surface area contributed by atoms with Gasteiger partial charge in [-0.3, -0.25) is 0 Å².